The van der Waals surface area contributed by atoms with E-state index >= 15 is 0 Å². The molecule has 0 aliphatic heterocycles. The lowest BCUT2D eigenvalue weighted by Gasteiger charge is -2.10. The molecular formula is C21H21N3O3. The van der Waals surface area contributed by atoms with Crippen molar-refractivity contribution in [3.8, 4) is 17.5 Å². The fourth-order valence-electron chi connectivity index (χ4n) is 2.52. The van der Waals surface area contributed by atoms with Crippen molar-refractivity contribution >= 4 is 5.91 Å². The molecule has 27 heavy (non-hydrogen) atoms. The van der Waals surface area contributed by atoms with Gasteiger partial charge in [-0.25, -0.2) is 9.97 Å². The van der Waals surface area contributed by atoms with Crippen molar-refractivity contribution in [2.24, 2.45) is 0 Å². The number of ether oxygens (including phenoxy) is 2. The molecule has 2 aromatic heterocycles. The SMILES string of the molecule is COc1ncccc1C(=O)NCc1ccnc(Oc2ccc(C)c(C)c2)c1. The van der Waals surface area contributed by atoms with Crippen molar-refractivity contribution in [1.29, 1.82) is 0 Å². The first kappa shape index (κ1) is 18.4. The summed E-state index contributed by atoms with van der Waals surface area (Å²) in [6, 6.07) is 12.9. The first-order chi connectivity index (χ1) is 13.1. The molecule has 0 spiro atoms. The van der Waals surface area contributed by atoms with Crippen LogP contribution in [-0.2, 0) is 6.54 Å². The number of pyridine rings is 2. The number of aromatic nitrogens is 2. The van der Waals surface area contributed by atoms with Gasteiger partial charge >= 0.3 is 0 Å². The van der Waals surface area contributed by atoms with Crippen LogP contribution in [-0.4, -0.2) is 23.0 Å². The predicted octanol–water partition coefficient (Wildman–Crippen LogP) is 3.82. The lowest BCUT2D eigenvalue weighted by Crippen LogP contribution is -2.23. The van der Waals surface area contributed by atoms with Crippen LogP contribution >= 0.6 is 0 Å². The largest absolute Gasteiger partial charge is 0.480 e. The van der Waals surface area contributed by atoms with E-state index in [1.54, 1.807) is 30.6 Å². The zero-order chi connectivity index (χ0) is 19.2. The average Bonchev–Trinajstić information content (AvgIpc) is 2.69. The molecule has 0 aliphatic rings. The molecule has 6 heteroatoms. The molecule has 1 amide bonds. The molecule has 1 N–H and O–H groups in total. The number of nitrogens with one attached hydrogen (secondary N) is 1. The fourth-order valence-corrected chi connectivity index (χ4v) is 2.52. The molecule has 2 heterocycles. The first-order valence-corrected chi connectivity index (χ1v) is 8.54. The van der Waals surface area contributed by atoms with Crippen LogP contribution in [0.15, 0.2) is 54.9 Å². The number of rotatable bonds is 6. The molecule has 0 fully saturated rings. The van der Waals surface area contributed by atoms with E-state index in [1.807, 2.05) is 31.2 Å². The van der Waals surface area contributed by atoms with E-state index in [9.17, 15) is 4.79 Å². The van der Waals surface area contributed by atoms with Gasteiger partial charge in [0.2, 0.25) is 11.8 Å². The van der Waals surface area contributed by atoms with Gasteiger partial charge in [-0.15, -0.1) is 0 Å². The molecule has 138 valence electrons. The van der Waals surface area contributed by atoms with E-state index in [0.717, 1.165) is 16.9 Å². The van der Waals surface area contributed by atoms with E-state index in [-0.39, 0.29) is 5.91 Å². The van der Waals surface area contributed by atoms with Crippen LogP contribution in [0.25, 0.3) is 0 Å². The van der Waals surface area contributed by atoms with Gasteiger partial charge in [-0.3, -0.25) is 4.79 Å². The van der Waals surface area contributed by atoms with E-state index in [0.29, 0.717) is 23.9 Å². The lowest BCUT2D eigenvalue weighted by molar-refractivity contribution is 0.0947. The van der Waals surface area contributed by atoms with Crippen molar-refractivity contribution in [3.05, 3.63) is 77.1 Å². The number of carbonyl (C=O) groups excluding carboxylic acids is 1. The van der Waals surface area contributed by atoms with Gasteiger partial charge < -0.3 is 14.8 Å². The zero-order valence-corrected chi connectivity index (χ0v) is 15.5. The van der Waals surface area contributed by atoms with Gasteiger partial charge in [0.25, 0.3) is 5.91 Å². The lowest BCUT2D eigenvalue weighted by atomic mass is 10.1. The van der Waals surface area contributed by atoms with Gasteiger partial charge in [-0.05, 0) is 60.9 Å². The van der Waals surface area contributed by atoms with Gasteiger partial charge in [0, 0.05) is 25.0 Å². The number of carbonyl (C=O) groups is 1. The second kappa shape index (κ2) is 8.31. The standard InChI is InChI=1S/C21H21N3O3/c1-14-6-7-17(11-15(14)2)27-19-12-16(8-10-22-19)13-24-20(25)18-5-4-9-23-21(18)26-3/h4-12H,13H2,1-3H3,(H,24,25). The highest BCUT2D eigenvalue weighted by Gasteiger charge is 2.12. The third-order valence-corrected chi connectivity index (χ3v) is 4.16. The Labute approximate surface area is 158 Å². The van der Waals surface area contributed by atoms with Crippen molar-refractivity contribution in [3.63, 3.8) is 0 Å². The number of benzene rings is 1. The molecule has 1 aromatic carbocycles. The summed E-state index contributed by atoms with van der Waals surface area (Å²) in [5, 5.41) is 2.86. The summed E-state index contributed by atoms with van der Waals surface area (Å²) in [6.45, 7) is 4.43. The maximum atomic E-state index is 12.4. The third kappa shape index (κ3) is 4.61. The highest BCUT2D eigenvalue weighted by atomic mass is 16.5. The average molecular weight is 363 g/mol. The Kier molecular flexibility index (Phi) is 5.66. The number of hydrogen-bond acceptors (Lipinski definition) is 5. The van der Waals surface area contributed by atoms with Crippen LogP contribution in [0.4, 0.5) is 0 Å². The van der Waals surface area contributed by atoms with Gasteiger partial charge in [0.05, 0.1) is 7.11 Å². The molecule has 0 aliphatic carbocycles. The molecule has 0 bridgehead atoms. The second-order valence-electron chi connectivity index (χ2n) is 6.09. The Hall–Kier alpha value is -3.41. The molecule has 6 nitrogen and oxygen atoms in total. The second-order valence-corrected chi connectivity index (χ2v) is 6.09. The molecule has 0 atom stereocenters. The van der Waals surface area contributed by atoms with Crippen LogP contribution in [0.3, 0.4) is 0 Å². The Morgan fingerprint density at radius 1 is 1.04 bits per heavy atom. The maximum Gasteiger partial charge on any atom is 0.257 e. The Bertz CT molecular complexity index is 957. The van der Waals surface area contributed by atoms with Gasteiger partial charge in [0.1, 0.15) is 11.3 Å². The highest BCUT2D eigenvalue weighted by molar-refractivity contribution is 5.96. The molecule has 3 rings (SSSR count). The fraction of sp³-hybridized carbons (Fsp3) is 0.190. The van der Waals surface area contributed by atoms with Crippen molar-refractivity contribution in [1.82, 2.24) is 15.3 Å². The summed E-state index contributed by atoms with van der Waals surface area (Å²) in [7, 11) is 1.48. The van der Waals surface area contributed by atoms with E-state index in [1.165, 1.54) is 12.7 Å². The van der Waals surface area contributed by atoms with Crippen molar-refractivity contribution < 1.29 is 14.3 Å². The number of amides is 1. The molecule has 0 saturated heterocycles. The number of aryl methyl sites for hydroxylation is 2. The minimum Gasteiger partial charge on any atom is -0.480 e. The predicted molar refractivity (Wildman–Crippen MR) is 102 cm³/mol. The van der Waals surface area contributed by atoms with Crippen LogP contribution in [0.5, 0.6) is 17.5 Å². The summed E-state index contributed by atoms with van der Waals surface area (Å²) >= 11 is 0. The number of hydrogen-bond donors (Lipinski definition) is 1. The van der Waals surface area contributed by atoms with E-state index in [4.69, 9.17) is 9.47 Å². The van der Waals surface area contributed by atoms with Crippen LogP contribution in [0.2, 0.25) is 0 Å². The summed E-state index contributed by atoms with van der Waals surface area (Å²) in [5.74, 6) is 1.24. The molecular weight excluding hydrogens is 342 g/mol. The van der Waals surface area contributed by atoms with Gasteiger partial charge in [-0.1, -0.05) is 6.07 Å². The highest BCUT2D eigenvalue weighted by Crippen LogP contribution is 2.22. The Morgan fingerprint density at radius 3 is 2.67 bits per heavy atom. The molecule has 0 saturated carbocycles. The molecule has 0 unspecified atom stereocenters. The number of nitrogens with zero attached hydrogens (tertiary/aromatic N) is 2. The first-order valence-electron chi connectivity index (χ1n) is 8.54. The minimum atomic E-state index is -0.256. The Balaban J connectivity index is 1.67. The third-order valence-electron chi connectivity index (χ3n) is 4.16. The van der Waals surface area contributed by atoms with Crippen LogP contribution in [0, 0.1) is 13.8 Å². The summed E-state index contributed by atoms with van der Waals surface area (Å²) in [5.41, 5.74) is 3.62. The van der Waals surface area contributed by atoms with Crippen molar-refractivity contribution in [2.45, 2.75) is 20.4 Å². The van der Waals surface area contributed by atoms with Gasteiger partial charge in [-0.2, -0.15) is 0 Å². The summed E-state index contributed by atoms with van der Waals surface area (Å²) in [4.78, 5) is 20.6. The quantitative estimate of drug-likeness (QED) is 0.721. The normalized spacial score (nSPS) is 10.3. The number of methoxy groups -OCH3 is 1. The molecule has 0 radical (unpaired) electrons. The maximum absolute atomic E-state index is 12.4. The van der Waals surface area contributed by atoms with Crippen molar-refractivity contribution in [2.75, 3.05) is 7.11 Å². The molecule has 3 aromatic rings. The zero-order valence-electron chi connectivity index (χ0n) is 15.5. The minimum absolute atomic E-state index is 0.256. The summed E-state index contributed by atoms with van der Waals surface area (Å²) in [6.07, 6.45) is 3.23. The topological polar surface area (TPSA) is 73.3 Å². The monoisotopic (exact) mass is 363 g/mol. The Morgan fingerprint density at radius 2 is 1.89 bits per heavy atom. The van der Waals surface area contributed by atoms with Crippen LogP contribution in [0.1, 0.15) is 27.0 Å². The summed E-state index contributed by atoms with van der Waals surface area (Å²) < 4.78 is 10.9. The van der Waals surface area contributed by atoms with E-state index in [2.05, 4.69) is 22.2 Å². The van der Waals surface area contributed by atoms with E-state index < -0.39 is 0 Å². The van der Waals surface area contributed by atoms with Gasteiger partial charge in [0.15, 0.2) is 0 Å². The van der Waals surface area contributed by atoms with Crippen LogP contribution < -0.4 is 14.8 Å². The smallest absolute Gasteiger partial charge is 0.257 e.